The molecule has 64 valence electrons. The van der Waals surface area contributed by atoms with E-state index < -0.39 is 6.43 Å². The van der Waals surface area contributed by atoms with Gasteiger partial charge in [-0.05, 0) is 28.1 Å². The molecule has 0 bridgehead atoms. The zero-order valence-corrected chi connectivity index (χ0v) is 7.38. The molecule has 0 spiro atoms. The van der Waals surface area contributed by atoms with Crippen LogP contribution in [0.25, 0.3) is 0 Å². The van der Waals surface area contributed by atoms with Gasteiger partial charge in [0.25, 0.3) is 6.43 Å². The van der Waals surface area contributed by atoms with Crippen molar-refractivity contribution in [2.45, 2.75) is 6.43 Å². The number of aromatic nitrogens is 1. The van der Waals surface area contributed by atoms with Crippen molar-refractivity contribution in [2.24, 2.45) is 0 Å². The molecule has 0 atom stereocenters. The normalized spacial score (nSPS) is 10.3. The third-order valence-electron chi connectivity index (χ3n) is 1.25. The summed E-state index contributed by atoms with van der Waals surface area (Å²) in [5.41, 5.74) is -0.0770. The van der Waals surface area contributed by atoms with E-state index in [1.54, 1.807) is 0 Å². The van der Waals surface area contributed by atoms with Crippen LogP contribution in [0.5, 0.6) is 0 Å². The Labute approximate surface area is 75.7 Å². The maximum atomic E-state index is 12.0. The Morgan fingerprint density at radius 1 is 1.50 bits per heavy atom. The summed E-state index contributed by atoms with van der Waals surface area (Å²) in [6.45, 7) is 0. The summed E-state index contributed by atoms with van der Waals surface area (Å²) in [7, 11) is 0. The van der Waals surface area contributed by atoms with Gasteiger partial charge in [-0.2, -0.15) is 0 Å². The average Bonchev–Trinajstić information content (AvgIpc) is 2.04. The molecule has 1 rings (SSSR count). The number of aldehydes is 1. The highest BCUT2D eigenvalue weighted by molar-refractivity contribution is 9.10. The molecule has 2 nitrogen and oxygen atoms in total. The predicted octanol–water partition coefficient (Wildman–Crippen LogP) is 2.59. The monoisotopic (exact) mass is 235 g/mol. The minimum Gasteiger partial charge on any atom is -0.298 e. The third kappa shape index (κ3) is 1.85. The smallest absolute Gasteiger partial charge is 0.280 e. The molecular weight excluding hydrogens is 232 g/mol. The molecule has 0 saturated heterocycles. The van der Waals surface area contributed by atoms with Gasteiger partial charge in [0.15, 0.2) is 6.29 Å². The largest absolute Gasteiger partial charge is 0.298 e. The fourth-order valence-electron chi connectivity index (χ4n) is 0.669. The number of rotatable bonds is 2. The van der Waals surface area contributed by atoms with Crippen molar-refractivity contribution in [1.29, 1.82) is 0 Å². The van der Waals surface area contributed by atoms with Gasteiger partial charge in [-0.15, -0.1) is 0 Å². The number of carbonyl (C=O) groups excluding carboxylic acids is 1. The highest BCUT2D eigenvalue weighted by Crippen LogP contribution is 2.20. The SMILES string of the molecule is O=Cc1ccc(C(F)F)nc1Br. The number of carbonyl (C=O) groups is 1. The first-order valence-electron chi connectivity index (χ1n) is 3.05. The van der Waals surface area contributed by atoms with Crippen LogP contribution in [-0.2, 0) is 0 Å². The van der Waals surface area contributed by atoms with Crippen LogP contribution < -0.4 is 0 Å². The van der Waals surface area contributed by atoms with E-state index in [0.29, 0.717) is 6.29 Å². The topological polar surface area (TPSA) is 30.0 Å². The third-order valence-corrected chi connectivity index (χ3v) is 1.88. The molecule has 0 N–H and O–H groups in total. The lowest BCUT2D eigenvalue weighted by Crippen LogP contribution is -1.93. The second-order valence-corrected chi connectivity index (χ2v) is 2.79. The number of pyridine rings is 1. The molecule has 0 aliphatic rings. The van der Waals surface area contributed by atoms with Crippen molar-refractivity contribution in [3.63, 3.8) is 0 Å². The molecule has 0 saturated carbocycles. The van der Waals surface area contributed by atoms with Crippen molar-refractivity contribution in [1.82, 2.24) is 4.98 Å². The van der Waals surface area contributed by atoms with Crippen molar-refractivity contribution in [3.05, 3.63) is 28.0 Å². The maximum Gasteiger partial charge on any atom is 0.280 e. The first-order valence-corrected chi connectivity index (χ1v) is 3.84. The zero-order valence-electron chi connectivity index (χ0n) is 5.80. The second kappa shape index (κ2) is 3.71. The van der Waals surface area contributed by atoms with Crippen LogP contribution in [0.3, 0.4) is 0 Å². The van der Waals surface area contributed by atoms with E-state index in [1.165, 1.54) is 6.07 Å². The number of nitrogens with zero attached hydrogens (tertiary/aromatic N) is 1. The van der Waals surface area contributed by atoms with Gasteiger partial charge in [0, 0.05) is 5.56 Å². The zero-order chi connectivity index (χ0) is 9.14. The lowest BCUT2D eigenvalue weighted by atomic mass is 10.3. The number of hydrogen-bond donors (Lipinski definition) is 0. The van der Waals surface area contributed by atoms with Crippen molar-refractivity contribution in [3.8, 4) is 0 Å². The van der Waals surface area contributed by atoms with E-state index >= 15 is 0 Å². The molecule has 0 aliphatic heterocycles. The fraction of sp³-hybridized carbons (Fsp3) is 0.143. The molecule has 0 fully saturated rings. The van der Waals surface area contributed by atoms with Gasteiger partial charge < -0.3 is 0 Å². The molecule has 1 heterocycles. The predicted molar refractivity (Wildman–Crippen MR) is 42.3 cm³/mol. The van der Waals surface area contributed by atoms with Crippen LogP contribution >= 0.6 is 15.9 Å². The summed E-state index contributed by atoms with van der Waals surface area (Å²) in [4.78, 5) is 13.7. The Hall–Kier alpha value is -0.840. The lowest BCUT2D eigenvalue weighted by Gasteiger charge is -1.99. The van der Waals surface area contributed by atoms with Gasteiger partial charge in [-0.3, -0.25) is 4.79 Å². The minimum absolute atomic E-state index is 0.148. The molecule has 5 heteroatoms. The van der Waals surface area contributed by atoms with E-state index in [0.717, 1.165) is 6.07 Å². The molecular formula is C7H4BrF2NO. The van der Waals surface area contributed by atoms with Crippen LogP contribution in [0.1, 0.15) is 22.5 Å². The van der Waals surface area contributed by atoms with Crippen LogP contribution in [0.4, 0.5) is 8.78 Å². The Morgan fingerprint density at radius 3 is 2.58 bits per heavy atom. The Kier molecular flexibility index (Phi) is 2.86. The van der Waals surface area contributed by atoms with Crippen LogP contribution in [0, 0.1) is 0 Å². The molecule has 0 unspecified atom stereocenters. The van der Waals surface area contributed by atoms with Crippen molar-refractivity contribution < 1.29 is 13.6 Å². The summed E-state index contributed by atoms with van der Waals surface area (Å²) >= 11 is 2.90. The maximum absolute atomic E-state index is 12.0. The fourth-order valence-corrected chi connectivity index (χ4v) is 1.10. The number of alkyl halides is 2. The van der Waals surface area contributed by atoms with E-state index in [9.17, 15) is 13.6 Å². The molecule has 0 radical (unpaired) electrons. The van der Waals surface area contributed by atoms with Gasteiger partial charge in [0.1, 0.15) is 10.3 Å². The summed E-state index contributed by atoms with van der Waals surface area (Å²) in [5, 5.41) is 0. The summed E-state index contributed by atoms with van der Waals surface area (Å²) in [5.74, 6) is 0. The average molecular weight is 236 g/mol. The summed E-state index contributed by atoms with van der Waals surface area (Å²) in [6.07, 6.45) is -2.06. The van der Waals surface area contributed by atoms with Gasteiger partial charge in [-0.1, -0.05) is 0 Å². The van der Waals surface area contributed by atoms with E-state index in [-0.39, 0.29) is 15.9 Å². The number of halogens is 3. The first kappa shape index (κ1) is 9.25. The Balaban J connectivity index is 3.10. The van der Waals surface area contributed by atoms with Gasteiger partial charge in [0.2, 0.25) is 0 Å². The second-order valence-electron chi connectivity index (χ2n) is 2.03. The molecule has 0 aromatic carbocycles. The van der Waals surface area contributed by atoms with Gasteiger partial charge >= 0.3 is 0 Å². The van der Waals surface area contributed by atoms with Crippen molar-refractivity contribution in [2.75, 3.05) is 0 Å². The molecule has 1 aromatic rings. The van der Waals surface area contributed by atoms with Gasteiger partial charge in [0.05, 0.1) is 0 Å². The highest BCUT2D eigenvalue weighted by atomic mass is 79.9. The van der Waals surface area contributed by atoms with E-state index in [4.69, 9.17) is 0 Å². The molecule has 12 heavy (non-hydrogen) atoms. The van der Waals surface area contributed by atoms with Gasteiger partial charge in [-0.25, -0.2) is 13.8 Å². The summed E-state index contributed by atoms with van der Waals surface area (Å²) in [6, 6.07) is 2.42. The molecule has 0 amide bonds. The quantitative estimate of drug-likeness (QED) is 0.583. The van der Waals surface area contributed by atoms with Crippen LogP contribution in [-0.4, -0.2) is 11.3 Å². The van der Waals surface area contributed by atoms with E-state index in [1.807, 2.05) is 0 Å². The Morgan fingerprint density at radius 2 is 2.17 bits per heavy atom. The van der Waals surface area contributed by atoms with E-state index in [2.05, 4.69) is 20.9 Å². The standard InChI is InChI=1S/C7H4BrF2NO/c8-6-4(3-12)1-2-5(11-6)7(9)10/h1-3,7H. The number of hydrogen-bond acceptors (Lipinski definition) is 2. The Bertz CT molecular complexity index is 303. The lowest BCUT2D eigenvalue weighted by molar-refractivity contribution is 0.112. The van der Waals surface area contributed by atoms with Crippen molar-refractivity contribution >= 4 is 22.2 Å². The highest BCUT2D eigenvalue weighted by Gasteiger charge is 2.10. The molecule has 0 aliphatic carbocycles. The van der Waals surface area contributed by atoms with Crippen LogP contribution in [0.2, 0.25) is 0 Å². The first-order chi connectivity index (χ1) is 5.65. The minimum atomic E-state index is -2.61. The summed E-state index contributed by atoms with van der Waals surface area (Å²) < 4.78 is 24.2. The molecule has 1 aromatic heterocycles. The van der Waals surface area contributed by atoms with Crippen LogP contribution in [0.15, 0.2) is 16.7 Å².